The molecule has 0 aromatic heterocycles. The van der Waals surface area contributed by atoms with Crippen molar-refractivity contribution in [3.05, 3.63) is 35.6 Å². The molecule has 2 saturated heterocycles. The number of carbonyl (C=O) groups excluding carboxylic acids is 2. The molecule has 2 heterocycles. The molecule has 2 atom stereocenters. The molecule has 0 aliphatic carbocycles. The summed E-state index contributed by atoms with van der Waals surface area (Å²) in [6.07, 6.45) is 2.77. The quantitative estimate of drug-likeness (QED) is 0.825. The number of likely N-dealkylation sites (tertiary alicyclic amines) is 1. The molecule has 2 aliphatic rings. The average Bonchev–Trinajstić information content (AvgIpc) is 3.30. The number of halogens is 1. The first-order valence-corrected chi connectivity index (χ1v) is 10.3. The van der Waals surface area contributed by atoms with Gasteiger partial charge in [-0.25, -0.2) is 4.39 Å². The van der Waals surface area contributed by atoms with E-state index in [1.54, 1.807) is 17.9 Å². The second-order valence-electron chi connectivity index (χ2n) is 6.75. The lowest BCUT2D eigenvalue weighted by atomic mass is 10.1. The average molecular weight is 380 g/mol. The van der Waals surface area contributed by atoms with Crippen LogP contribution >= 0.6 is 11.8 Å². The van der Waals surface area contributed by atoms with Crippen LogP contribution in [0.1, 0.15) is 37.1 Å². The number of nitrogens with one attached hydrogen (secondary N) is 1. The molecule has 0 saturated carbocycles. The number of thioether (sulfide) groups is 1. The third-order valence-electron chi connectivity index (χ3n) is 4.95. The number of rotatable bonds is 6. The highest BCUT2D eigenvalue weighted by Crippen LogP contribution is 2.41. The smallest absolute Gasteiger partial charge is 0.243 e. The molecule has 3 rings (SSSR count). The van der Waals surface area contributed by atoms with Crippen LogP contribution in [0.2, 0.25) is 0 Å². The van der Waals surface area contributed by atoms with Crippen LogP contribution in [0.25, 0.3) is 0 Å². The third-order valence-corrected chi connectivity index (χ3v) is 6.28. The van der Waals surface area contributed by atoms with E-state index in [1.165, 1.54) is 36.7 Å². The van der Waals surface area contributed by atoms with Gasteiger partial charge in [0.15, 0.2) is 0 Å². The number of carbonyl (C=O) groups is 2. The summed E-state index contributed by atoms with van der Waals surface area (Å²) in [4.78, 5) is 29.2. The molecule has 1 N–H and O–H groups in total. The standard InChI is InChI=1S/C19H26FN3O2S/c1-2-17(24)23-16(18(25)21-8-11-22-9-3-4-10-22)13-26-19(23)14-6-5-7-15(20)12-14/h5-7,12,16,19H,2-4,8-11,13H2,1H3,(H,21,25). The fourth-order valence-electron chi connectivity index (χ4n) is 3.57. The van der Waals surface area contributed by atoms with E-state index in [2.05, 4.69) is 10.2 Å². The normalized spacial score (nSPS) is 23.4. The second kappa shape index (κ2) is 8.86. The largest absolute Gasteiger partial charge is 0.353 e. The zero-order valence-corrected chi connectivity index (χ0v) is 15.9. The Kier molecular flexibility index (Phi) is 6.53. The van der Waals surface area contributed by atoms with Crippen LogP contribution in [0, 0.1) is 5.82 Å². The zero-order chi connectivity index (χ0) is 18.5. The van der Waals surface area contributed by atoms with Crippen molar-refractivity contribution in [1.29, 1.82) is 0 Å². The topological polar surface area (TPSA) is 52.7 Å². The first kappa shape index (κ1) is 19.2. The van der Waals surface area contributed by atoms with E-state index in [1.807, 2.05) is 6.07 Å². The van der Waals surface area contributed by atoms with E-state index in [4.69, 9.17) is 0 Å². The van der Waals surface area contributed by atoms with Crippen LogP contribution in [0.15, 0.2) is 24.3 Å². The van der Waals surface area contributed by atoms with Gasteiger partial charge in [-0.2, -0.15) is 0 Å². The summed E-state index contributed by atoms with van der Waals surface area (Å²) >= 11 is 1.52. The van der Waals surface area contributed by atoms with Crippen LogP contribution in [-0.4, -0.2) is 59.6 Å². The maximum Gasteiger partial charge on any atom is 0.243 e. The molecule has 5 nitrogen and oxygen atoms in total. The number of hydrogen-bond donors (Lipinski definition) is 1. The molecular weight excluding hydrogens is 353 g/mol. The van der Waals surface area contributed by atoms with E-state index in [0.29, 0.717) is 18.7 Å². The molecule has 0 bridgehead atoms. The van der Waals surface area contributed by atoms with Crippen LogP contribution in [-0.2, 0) is 9.59 Å². The summed E-state index contributed by atoms with van der Waals surface area (Å²) in [6, 6.07) is 5.78. The maximum atomic E-state index is 13.6. The van der Waals surface area contributed by atoms with Gasteiger partial charge in [0.1, 0.15) is 17.2 Å². The van der Waals surface area contributed by atoms with E-state index >= 15 is 0 Å². The van der Waals surface area contributed by atoms with Crippen molar-refractivity contribution < 1.29 is 14.0 Å². The van der Waals surface area contributed by atoms with Gasteiger partial charge in [-0.1, -0.05) is 19.1 Å². The number of benzene rings is 1. The molecule has 26 heavy (non-hydrogen) atoms. The van der Waals surface area contributed by atoms with Gasteiger partial charge in [0, 0.05) is 25.3 Å². The molecule has 7 heteroatoms. The van der Waals surface area contributed by atoms with E-state index in [-0.39, 0.29) is 23.0 Å². The Morgan fingerprint density at radius 2 is 2.08 bits per heavy atom. The van der Waals surface area contributed by atoms with Gasteiger partial charge in [-0.3, -0.25) is 9.59 Å². The molecule has 0 radical (unpaired) electrons. The Morgan fingerprint density at radius 1 is 1.31 bits per heavy atom. The lowest BCUT2D eigenvalue weighted by molar-refractivity contribution is -0.139. The van der Waals surface area contributed by atoms with E-state index in [9.17, 15) is 14.0 Å². The molecule has 1 aromatic carbocycles. The Labute approximate surface area is 158 Å². The van der Waals surface area contributed by atoms with Crippen molar-refractivity contribution in [2.24, 2.45) is 0 Å². The Balaban J connectivity index is 1.65. The van der Waals surface area contributed by atoms with Crippen molar-refractivity contribution >= 4 is 23.6 Å². The van der Waals surface area contributed by atoms with Gasteiger partial charge in [-0.05, 0) is 43.6 Å². The molecule has 142 valence electrons. The highest BCUT2D eigenvalue weighted by atomic mass is 32.2. The molecule has 2 amide bonds. The molecule has 2 fully saturated rings. The lowest BCUT2D eigenvalue weighted by Crippen LogP contribution is -2.49. The van der Waals surface area contributed by atoms with E-state index < -0.39 is 6.04 Å². The molecule has 0 spiro atoms. The van der Waals surface area contributed by atoms with Crippen molar-refractivity contribution in [1.82, 2.24) is 15.1 Å². The summed E-state index contributed by atoms with van der Waals surface area (Å²) in [5, 5.41) is 2.67. The Morgan fingerprint density at radius 3 is 2.77 bits per heavy atom. The summed E-state index contributed by atoms with van der Waals surface area (Å²) in [5.74, 6) is 0.00881. The first-order chi connectivity index (χ1) is 12.6. The summed E-state index contributed by atoms with van der Waals surface area (Å²) < 4.78 is 13.6. The van der Waals surface area contributed by atoms with Crippen LogP contribution < -0.4 is 5.32 Å². The monoisotopic (exact) mass is 379 g/mol. The van der Waals surface area contributed by atoms with Crippen molar-refractivity contribution in [3.63, 3.8) is 0 Å². The lowest BCUT2D eigenvalue weighted by Gasteiger charge is -2.29. The summed E-state index contributed by atoms with van der Waals surface area (Å²) in [5.41, 5.74) is 0.726. The van der Waals surface area contributed by atoms with Gasteiger partial charge >= 0.3 is 0 Å². The third kappa shape index (κ3) is 4.38. The molecule has 1 aromatic rings. The summed E-state index contributed by atoms with van der Waals surface area (Å²) in [6.45, 7) is 5.42. The highest BCUT2D eigenvalue weighted by Gasteiger charge is 2.41. The number of nitrogens with zero attached hydrogens (tertiary/aromatic N) is 2. The summed E-state index contributed by atoms with van der Waals surface area (Å²) in [7, 11) is 0. The van der Waals surface area contributed by atoms with Crippen molar-refractivity contribution in [3.8, 4) is 0 Å². The first-order valence-electron chi connectivity index (χ1n) is 9.28. The number of amides is 2. The minimum Gasteiger partial charge on any atom is -0.353 e. The predicted octanol–water partition coefficient (Wildman–Crippen LogP) is 2.39. The highest BCUT2D eigenvalue weighted by molar-refractivity contribution is 7.99. The van der Waals surface area contributed by atoms with Gasteiger partial charge in [-0.15, -0.1) is 11.8 Å². The Bertz CT molecular complexity index is 651. The van der Waals surface area contributed by atoms with Gasteiger partial charge in [0.05, 0.1) is 0 Å². The SMILES string of the molecule is CCC(=O)N1C(C(=O)NCCN2CCCC2)CSC1c1cccc(F)c1. The molecular formula is C19H26FN3O2S. The fourth-order valence-corrected chi connectivity index (χ4v) is 5.01. The Hall–Kier alpha value is -1.60. The zero-order valence-electron chi connectivity index (χ0n) is 15.1. The predicted molar refractivity (Wildman–Crippen MR) is 101 cm³/mol. The van der Waals surface area contributed by atoms with Crippen LogP contribution in [0.3, 0.4) is 0 Å². The molecule has 2 unspecified atom stereocenters. The van der Waals surface area contributed by atoms with Crippen molar-refractivity contribution in [2.45, 2.75) is 37.6 Å². The second-order valence-corrected chi connectivity index (χ2v) is 7.86. The van der Waals surface area contributed by atoms with Gasteiger partial charge < -0.3 is 15.1 Å². The van der Waals surface area contributed by atoms with Crippen molar-refractivity contribution in [2.75, 3.05) is 31.9 Å². The fraction of sp³-hybridized carbons (Fsp3) is 0.579. The minimum atomic E-state index is -0.501. The van der Waals surface area contributed by atoms with Crippen LogP contribution in [0.5, 0.6) is 0 Å². The number of hydrogen-bond acceptors (Lipinski definition) is 4. The van der Waals surface area contributed by atoms with Gasteiger partial charge in [0.2, 0.25) is 11.8 Å². The van der Waals surface area contributed by atoms with E-state index in [0.717, 1.165) is 25.2 Å². The van der Waals surface area contributed by atoms with Gasteiger partial charge in [0.25, 0.3) is 0 Å². The minimum absolute atomic E-state index is 0.0797. The molecule has 2 aliphatic heterocycles. The maximum absolute atomic E-state index is 13.6. The van der Waals surface area contributed by atoms with Crippen LogP contribution in [0.4, 0.5) is 4.39 Å².